The number of anilines is 2. The molecule has 0 atom stereocenters. The van der Waals surface area contributed by atoms with Crippen molar-refractivity contribution in [2.45, 2.75) is 44.9 Å². The molecule has 2 saturated heterocycles. The van der Waals surface area contributed by atoms with Gasteiger partial charge < -0.3 is 9.80 Å². The zero-order chi connectivity index (χ0) is 13.4. The molecule has 1 spiro atoms. The lowest BCUT2D eigenvalue weighted by atomic mass is 9.95. The molecule has 2 aliphatic heterocycles. The highest BCUT2D eigenvalue weighted by atomic mass is 15.2. The van der Waals surface area contributed by atoms with Crippen molar-refractivity contribution in [1.82, 2.24) is 9.97 Å². The number of aromatic nitrogens is 2. The van der Waals surface area contributed by atoms with Crippen LogP contribution in [0.5, 0.6) is 0 Å². The topological polar surface area (TPSA) is 32.3 Å². The minimum absolute atomic E-state index is 0.647. The summed E-state index contributed by atoms with van der Waals surface area (Å²) in [6.45, 7) is 4.68. The van der Waals surface area contributed by atoms with Crippen molar-refractivity contribution in [1.29, 1.82) is 0 Å². The van der Waals surface area contributed by atoms with Gasteiger partial charge in [-0.3, -0.25) is 0 Å². The number of rotatable bonds is 2. The van der Waals surface area contributed by atoms with Crippen LogP contribution in [-0.2, 0) is 0 Å². The monoisotopic (exact) mass is 272 g/mol. The van der Waals surface area contributed by atoms with Gasteiger partial charge in [-0.2, -0.15) is 0 Å². The molecule has 1 aromatic heterocycles. The molecule has 0 aromatic carbocycles. The summed E-state index contributed by atoms with van der Waals surface area (Å²) in [6, 6.07) is 2.22. The second-order valence-corrected chi connectivity index (χ2v) is 6.81. The molecule has 3 fully saturated rings. The van der Waals surface area contributed by atoms with Crippen molar-refractivity contribution in [3.05, 3.63) is 12.4 Å². The van der Waals surface area contributed by atoms with Crippen LogP contribution in [-0.4, -0.2) is 36.1 Å². The molecule has 3 heterocycles. The Morgan fingerprint density at radius 3 is 2.25 bits per heavy atom. The molecule has 4 heteroatoms. The summed E-state index contributed by atoms with van der Waals surface area (Å²) in [4.78, 5) is 14.0. The Labute approximate surface area is 121 Å². The SMILES string of the molecule is c1nc(N2CCCCC2)cc(N2CCCC3(CC3)C2)n1. The van der Waals surface area contributed by atoms with Gasteiger partial charge in [0.05, 0.1) is 0 Å². The average Bonchev–Trinajstić information content (AvgIpc) is 3.27. The molecule has 0 unspecified atom stereocenters. The molecule has 20 heavy (non-hydrogen) atoms. The van der Waals surface area contributed by atoms with Crippen molar-refractivity contribution in [3.63, 3.8) is 0 Å². The molecule has 108 valence electrons. The van der Waals surface area contributed by atoms with E-state index >= 15 is 0 Å². The molecule has 0 amide bonds. The maximum Gasteiger partial charge on any atom is 0.134 e. The number of piperidine rings is 2. The van der Waals surface area contributed by atoms with Gasteiger partial charge in [-0.1, -0.05) is 0 Å². The van der Waals surface area contributed by atoms with Gasteiger partial charge in [-0.05, 0) is 50.4 Å². The predicted octanol–water partition coefficient (Wildman–Crippen LogP) is 2.85. The fourth-order valence-corrected chi connectivity index (χ4v) is 3.79. The first-order chi connectivity index (χ1) is 9.85. The van der Waals surface area contributed by atoms with Gasteiger partial charge in [0.1, 0.15) is 18.0 Å². The van der Waals surface area contributed by atoms with Crippen molar-refractivity contribution in [2.24, 2.45) is 5.41 Å². The van der Waals surface area contributed by atoms with Gasteiger partial charge in [0.25, 0.3) is 0 Å². The van der Waals surface area contributed by atoms with Crippen LogP contribution in [0.3, 0.4) is 0 Å². The van der Waals surface area contributed by atoms with E-state index in [1.54, 1.807) is 6.33 Å². The van der Waals surface area contributed by atoms with Crippen LogP contribution < -0.4 is 9.80 Å². The quantitative estimate of drug-likeness (QED) is 0.828. The molecule has 0 N–H and O–H groups in total. The predicted molar refractivity (Wildman–Crippen MR) is 81.2 cm³/mol. The van der Waals surface area contributed by atoms with Crippen LogP contribution in [0.4, 0.5) is 11.6 Å². The summed E-state index contributed by atoms with van der Waals surface area (Å²) in [5.41, 5.74) is 0.647. The highest BCUT2D eigenvalue weighted by molar-refractivity contribution is 5.51. The van der Waals surface area contributed by atoms with Gasteiger partial charge >= 0.3 is 0 Å². The highest BCUT2D eigenvalue weighted by Crippen LogP contribution is 2.52. The zero-order valence-electron chi connectivity index (χ0n) is 12.2. The third kappa shape index (κ3) is 2.36. The summed E-state index contributed by atoms with van der Waals surface area (Å²) in [6.07, 6.45) is 11.3. The lowest BCUT2D eigenvalue weighted by Gasteiger charge is -2.34. The zero-order valence-corrected chi connectivity index (χ0v) is 12.2. The third-order valence-electron chi connectivity index (χ3n) is 5.26. The fraction of sp³-hybridized carbons (Fsp3) is 0.750. The minimum atomic E-state index is 0.647. The third-order valence-corrected chi connectivity index (χ3v) is 5.26. The molecule has 0 radical (unpaired) electrons. The van der Waals surface area contributed by atoms with Crippen LogP contribution in [0.1, 0.15) is 44.9 Å². The van der Waals surface area contributed by atoms with Crippen molar-refractivity contribution < 1.29 is 0 Å². The van der Waals surface area contributed by atoms with E-state index in [0.717, 1.165) is 31.3 Å². The van der Waals surface area contributed by atoms with Gasteiger partial charge in [0.15, 0.2) is 0 Å². The number of nitrogens with zero attached hydrogens (tertiary/aromatic N) is 4. The van der Waals surface area contributed by atoms with Gasteiger partial charge in [0.2, 0.25) is 0 Å². The van der Waals surface area contributed by atoms with E-state index in [1.165, 1.54) is 51.5 Å². The first-order valence-corrected chi connectivity index (χ1v) is 8.17. The Hall–Kier alpha value is -1.32. The minimum Gasteiger partial charge on any atom is -0.356 e. The molecule has 1 aliphatic carbocycles. The van der Waals surface area contributed by atoms with E-state index < -0.39 is 0 Å². The average molecular weight is 272 g/mol. The van der Waals surface area contributed by atoms with Crippen LogP contribution >= 0.6 is 0 Å². The molecule has 0 bridgehead atoms. The van der Waals surface area contributed by atoms with Crippen LogP contribution in [0.2, 0.25) is 0 Å². The Kier molecular flexibility index (Phi) is 3.04. The van der Waals surface area contributed by atoms with E-state index in [9.17, 15) is 0 Å². The van der Waals surface area contributed by atoms with Crippen molar-refractivity contribution in [2.75, 3.05) is 36.0 Å². The second kappa shape index (κ2) is 4.90. The lowest BCUT2D eigenvalue weighted by Crippen LogP contribution is -2.37. The molecule has 1 saturated carbocycles. The molecular weight excluding hydrogens is 248 g/mol. The van der Waals surface area contributed by atoms with Gasteiger partial charge in [-0.25, -0.2) is 9.97 Å². The van der Waals surface area contributed by atoms with Gasteiger partial charge in [-0.15, -0.1) is 0 Å². The van der Waals surface area contributed by atoms with E-state index in [-0.39, 0.29) is 0 Å². The molecule has 4 nitrogen and oxygen atoms in total. The molecule has 3 aliphatic rings. The Morgan fingerprint density at radius 1 is 0.800 bits per heavy atom. The number of hydrogen-bond acceptors (Lipinski definition) is 4. The smallest absolute Gasteiger partial charge is 0.134 e. The van der Waals surface area contributed by atoms with Crippen LogP contribution in [0.15, 0.2) is 12.4 Å². The first kappa shape index (κ1) is 12.4. The van der Waals surface area contributed by atoms with E-state index in [4.69, 9.17) is 0 Å². The van der Waals surface area contributed by atoms with E-state index in [0.29, 0.717) is 5.41 Å². The fourth-order valence-electron chi connectivity index (χ4n) is 3.79. The van der Waals surface area contributed by atoms with E-state index in [1.807, 2.05) is 0 Å². The lowest BCUT2D eigenvalue weighted by molar-refractivity contribution is 0.393. The number of hydrogen-bond donors (Lipinski definition) is 0. The maximum absolute atomic E-state index is 4.54. The van der Waals surface area contributed by atoms with Crippen molar-refractivity contribution in [3.8, 4) is 0 Å². The highest BCUT2D eigenvalue weighted by Gasteiger charge is 2.45. The molecular formula is C16H24N4. The van der Waals surface area contributed by atoms with E-state index in [2.05, 4.69) is 25.8 Å². The van der Waals surface area contributed by atoms with Crippen LogP contribution in [0, 0.1) is 5.41 Å². The molecule has 1 aromatic rings. The Bertz CT molecular complexity index is 477. The van der Waals surface area contributed by atoms with Crippen LogP contribution in [0.25, 0.3) is 0 Å². The summed E-state index contributed by atoms with van der Waals surface area (Å²) in [5.74, 6) is 2.27. The Balaban J connectivity index is 1.52. The molecule has 4 rings (SSSR count). The standard InChI is InChI=1S/C16H24N4/c1-2-8-19(9-3-1)14-11-15(18-13-17-14)20-10-4-5-16(12-20)6-7-16/h11,13H,1-10,12H2. The Morgan fingerprint density at radius 2 is 1.50 bits per heavy atom. The van der Waals surface area contributed by atoms with Crippen molar-refractivity contribution >= 4 is 11.6 Å². The van der Waals surface area contributed by atoms with Gasteiger partial charge in [0, 0.05) is 32.2 Å². The largest absolute Gasteiger partial charge is 0.356 e. The second-order valence-electron chi connectivity index (χ2n) is 6.81. The first-order valence-electron chi connectivity index (χ1n) is 8.17. The normalized spacial score (nSPS) is 25.0. The summed E-state index contributed by atoms with van der Waals surface area (Å²) in [7, 11) is 0. The summed E-state index contributed by atoms with van der Waals surface area (Å²) >= 11 is 0. The summed E-state index contributed by atoms with van der Waals surface area (Å²) in [5, 5.41) is 0. The maximum atomic E-state index is 4.54. The summed E-state index contributed by atoms with van der Waals surface area (Å²) < 4.78 is 0.